The maximum absolute atomic E-state index is 13.4. The smallest absolute Gasteiger partial charge is 0.338 e. The molecular formula is C11H10F2O6. The van der Waals surface area contributed by atoms with Crippen LogP contribution in [-0.4, -0.2) is 40.5 Å². The summed E-state index contributed by atoms with van der Waals surface area (Å²) in [5, 5.41) is 27.6. The SMILES string of the molecule is COC(=O)C(O)C(O)c1cc(C(=O)O)c(F)cc1F. The van der Waals surface area contributed by atoms with Crippen molar-refractivity contribution in [1.82, 2.24) is 0 Å². The number of carbonyl (C=O) groups is 2. The number of hydrogen-bond acceptors (Lipinski definition) is 5. The topological polar surface area (TPSA) is 104 Å². The number of carboxylic acids is 1. The Morgan fingerprint density at radius 3 is 2.26 bits per heavy atom. The molecule has 0 amide bonds. The molecule has 104 valence electrons. The molecule has 0 aliphatic rings. The van der Waals surface area contributed by atoms with Gasteiger partial charge in [-0.1, -0.05) is 0 Å². The molecule has 1 aromatic carbocycles. The number of hydrogen-bond donors (Lipinski definition) is 3. The van der Waals surface area contributed by atoms with Crippen LogP contribution < -0.4 is 0 Å². The average Bonchev–Trinajstić information content (AvgIpc) is 2.35. The molecule has 0 saturated heterocycles. The van der Waals surface area contributed by atoms with E-state index in [-0.39, 0.29) is 6.07 Å². The molecule has 0 bridgehead atoms. The highest BCUT2D eigenvalue weighted by atomic mass is 19.1. The van der Waals surface area contributed by atoms with Gasteiger partial charge in [0, 0.05) is 11.6 Å². The molecule has 0 saturated carbocycles. The first-order valence-electron chi connectivity index (χ1n) is 4.95. The van der Waals surface area contributed by atoms with E-state index < -0.39 is 46.9 Å². The van der Waals surface area contributed by atoms with Gasteiger partial charge >= 0.3 is 11.9 Å². The number of carboxylic acid groups (broad SMARTS) is 1. The minimum Gasteiger partial charge on any atom is -0.478 e. The van der Waals surface area contributed by atoms with Gasteiger partial charge in [0.2, 0.25) is 0 Å². The summed E-state index contributed by atoms with van der Waals surface area (Å²) < 4.78 is 30.7. The summed E-state index contributed by atoms with van der Waals surface area (Å²) in [7, 11) is 0.933. The van der Waals surface area contributed by atoms with Gasteiger partial charge in [-0.25, -0.2) is 18.4 Å². The highest BCUT2D eigenvalue weighted by Gasteiger charge is 2.30. The van der Waals surface area contributed by atoms with Gasteiger partial charge in [-0.05, 0) is 6.07 Å². The zero-order valence-corrected chi connectivity index (χ0v) is 9.63. The zero-order chi connectivity index (χ0) is 14.7. The monoisotopic (exact) mass is 276 g/mol. The van der Waals surface area contributed by atoms with Gasteiger partial charge in [-0.15, -0.1) is 0 Å². The molecule has 0 aromatic heterocycles. The molecule has 8 heteroatoms. The normalized spacial score (nSPS) is 13.7. The fourth-order valence-corrected chi connectivity index (χ4v) is 1.38. The fourth-order valence-electron chi connectivity index (χ4n) is 1.38. The lowest BCUT2D eigenvalue weighted by atomic mass is 10.0. The molecule has 1 aromatic rings. The molecule has 2 unspecified atom stereocenters. The number of benzene rings is 1. The summed E-state index contributed by atoms with van der Waals surface area (Å²) in [4.78, 5) is 21.6. The second-order valence-electron chi connectivity index (χ2n) is 3.57. The van der Waals surface area contributed by atoms with Crippen molar-refractivity contribution in [1.29, 1.82) is 0 Å². The molecule has 0 aliphatic heterocycles. The number of aromatic carboxylic acids is 1. The lowest BCUT2D eigenvalue weighted by Crippen LogP contribution is -2.29. The van der Waals surface area contributed by atoms with E-state index >= 15 is 0 Å². The molecule has 6 nitrogen and oxygen atoms in total. The number of aliphatic hydroxyl groups is 2. The van der Waals surface area contributed by atoms with E-state index in [1.54, 1.807) is 0 Å². The van der Waals surface area contributed by atoms with Crippen LogP contribution in [0.4, 0.5) is 8.78 Å². The lowest BCUT2D eigenvalue weighted by Gasteiger charge is -2.17. The molecule has 0 spiro atoms. The summed E-state index contributed by atoms with van der Waals surface area (Å²) in [6.45, 7) is 0. The van der Waals surface area contributed by atoms with Crippen molar-refractivity contribution in [3.63, 3.8) is 0 Å². The quantitative estimate of drug-likeness (QED) is 0.680. The van der Waals surface area contributed by atoms with Gasteiger partial charge in [0.25, 0.3) is 0 Å². The Morgan fingerprint density at radius 1 is 1.21 bits per heavy atom. The van der Waals surface area contributed by atoms with Crippen LogP contribution in [0.3, 0.4) is 0 Å². The van der Waals surface area contributed by atoms with Crippen LogP contribution in [0, 0.1) is 11.6 Å². The van der Waals surface area contributed by atoms with Crippen LogP contribution >= 0.6 is 0 Å². The Labute approximate surface area is 105 Å². The summed E-state index contributed by atoms with van der Waals surface area (Å²) in [5.74, 6) is -5.56. The van der Waals surface area contributed by atoms with E-state index in [4.69, 9.17) is 5.11 Å². The summed E-state index contributed by atoms with van der Waals surface area (Å²) in [5.41, 5.74) is -1.62. The summed E-state index contributed by atoms with van der Waals surface area (Å²) in [6, 6.07) is 0.746. The van der Waals surface area contributed by atoms with E-state index in [1.165, 1.54) is 0 Å². The number of ether oxygens (including phenoxy) is 1. The molecule has 2 atom stereocenters. The minimum atomic E-state index is -2.12. The lowest BCUT2D eigenvalue weighted by molar-refractivity contribution is -0.156. The van der Waals surface area contributed by atoms with Crippen LogP contribution in [-0.2, 0) is 9.53 Å². The third kappa shape index (κ3) is 3.04. The first-order chi connectivity index (χ1) is 8.79. The van der Waals surface area contributed by atoms with Crippen molar-refractivity contribution in [2.75, 3.05) is 7.11 Å². The number of methoxy groups -OCH3 is 1. The second kappa shape index (κ2) is 5.72. The molecule has 19 heavy (non-hydrogen) atoms. The number of esters is 1. The van der Waals surface area contributed by atoms with Crippen molar-refractivity contribution in [3.05, 3.63) is 34.9 Å². The van der Waals surface area contributed by atoms with Crippen LogP contribution in [0.2, 0.25) is 0 Å². The molecule has 0 radical (unpaired) electrons. The van der Waals surface area contributed by atoms with Crippen LogP contribution in [0.25, 0.3) is 0 Å². The zero-order valence-electron chi connectivity index (χ0n) is 9.63. The van der Waals surface area contributed by atoms with Gasteiger partial charge in [0.1, 0.15) is 17.7 Å². The van der Waals surface area contributed by atoms with Crippen LogP contribution in [0.5, 0.6) is 0 Å². The molecule has 3 N–H and O–H groups in total. The number of rotatable bonds is 4. The largest absolute Gasteiger partial charge is 0.478 e. The van der Waals surface area contributed by atoms with Crippen molar-refractivity contribution in [2.24, 2.45) is 0 Å². The third-order valence-corrected chi connectivity index (χ3v) is 2.38. The van der Waals surface area contributed by atoms with E-state index in [0.29, 0.717) is 6.07 Å². The standard InChI is InChI=1S/C11H10F2O6/c1-19-11(18)9(15)8(14)4-2-5(10(16)17)7(13)3-6(4)12/h2-3,8-9,14-15H,1H3,(H,16,17). The first-order valence-corrected chi connectivity index (χ1v) is 4.95. The van der Waals surface area contributed by atoms with E-state index in [2.05, 4.69) is 4.74 Å². The van der Waals surface area contributed by atoms with Gasteiger partial charge in [-0.2, -0.15) is 0 Å². The van der Waals surface area contributed by atoms with Crippen molar-refractivity contribution >= 4 is 11.9 Å². The fraction of sp³-hybridized carbons (Fsp3) is 0.273. The second-order valence-corrected chi connectivity index (χ2v) is 3.57. The Hall–Kier alpha value is -2.06. The van der Waals surface area contributed by atoms with E-state index in [0.717, 1.165) is 7.11 Å². The maximum atomic E-state index is 13.4. The molecule has 0 heterocycles. The van der Waals surface area contributed by atoms with Gasteiger partial charge in [0.05, 0.1) is 12.7 Å². The molecule has 1 rings (SSSR count). The number of aliphatic hydroxyl groups excluding tert-OH is 2. The maximum Gasteiger partial charge on any atom is 0.338 e. The Morgan fingerprint density at radius 2 is 1.79 bits per heavy atom. The Bertz CT molecular complexity index is 516. The van der Waals surface area contributed by atoms with Crippen molar-refractivity contribution in [2.45, 2.75) is 12.2 Å². The molecule has 0 aliphatic carbocycles. The number of halogens is 2. The summed E-state index contributed by atoms with van der Waals surface area (Å²) in [6.07, 6.45) is -4.20. The van der Waals surface area contributed by atoms with Gasteiger partial charge in [0.15, 0.2) is 6.10 Å². The predicted octanol–water partition coefficient (Wildman–Crippen LogP) is 0.230. The predicted molar refractivity (Wildman–Crippen MR) is 56.3 cm³/mol. The van der Waals surface area contributed by atoms with E-state index in [1.807, 2.05) is 0 Å². The van der Waals surface area contributed by atoms with Crippen LogP contribution in [0.15, 0.2) is 12.1 Å². The van der Waals surface area contributed by atoms with Gasteiger partial charge < -0.3 is 20.1 Å². The van der Waals surface area contributed by atoms with E-state index in [9.17, 15) is 28.6 Å². The third-order valence-electron chi connectivity index (χ3n) is 2.38. The van der Waals surface area contributed by atoms with Gasteiger partial charge in [-0.3, -0.25) is 0 Å². The molecular weight excluding hydrogens is 266 g/mol. The molecule has 0 fully saturated rings. The Balaban J connectivity index is 3.23. The van der Waals surface area contributed by atoms with Crippen LogP contribution in [0.1, 0.15) is 22.0 Å². The Kier molecular flexibility index (Phi) is 4.52. The van der Waals surface area contributed by atoms with Crippen molar-refractivity contribution < 1.29 is 38.4 Å². The first kappa shape index (κ1) is 15.0. The minimum absolute atomic E-state index is 0.242. The average molecular weight is 276 g/mol. The summed E-state index contributed by atoms with van der Waals surface area (Å²) >= 11 is 0. The van der Waals surface area contributed by atoms with Crippen molar-refractivity contribution in [3.8, 4) is 0 Å². The highest BCUT2D eigenvalue weighted by Crippen LogP contribution is 2.24. The highest BCUT2D eigenvalue weighted by molar-refractivity contribution is 5.88. The number of carbonyl (C=O) groups excluding carboxylic acids is 1.